The van der Waals surface area contributed by atoms with Gasteiger partial charge in [-0.05, 0) is 51.3 Å². The molecule has 0 saturated carbocycles. The fourth-order valence-corrected chi connectivity index (χ4v) is 3.19. The zero-order valence-corrected chi connectivity index (χ0v) is 18.9. The Morgan fingerprint density at radius 3 is 2.76 bits per heavy atom. The lowest BCUT2D eigenvalue weighted by Crippen LogP contribution is -2.26. The van der Waals surface area contributed by atoms with Crippen molar-refractivity contribution in [2.24, 2.45) is 5.73 Å². The predicted molar refractivity (Wildman–Crippen MR) is 125 cm³/mol. The minimum absolute atomic E-state index is 0.0265. The number of amides is 2. The first kappa shape index (κ1) is 24.6. The van der Waals surface area contributed by atoms with Crippen molar-refractivity contribution in [3.63, 3.8) is 0 Å². The smallest absolute Gasteiger partial charge is 0.339 e. The lowest BCUT2D eigenvalue weighted by Gasteiger charge is -2.18. The van der Waals surface area contributed by atoms with Crippen molar-refractivity contribution >= 4 is 34.5 Å². The summed E-state index contributed by atoms with van der Waals surface area (Å²) < 4.78 is 5.29. The standard InChI is InChI=1S/C17H13N5O5.C5H14N2/c23-12-6-27-11-2-1-8(3-10(11)22-12)4-19-16(24)15-14-13(20-7-21-15)9(5-18-14)17(25)26;1-7(2)5-3-4-6/h1-3,5,7,18H,4,6H2,(H,19,24)(H,22,23)(H,25,26);3-6H2,1-2H3. The van der Waals surface area contributed by atoms with Gasteiger partial charge in [0.2, 0.25) is 0 Å². The van der Waals surface area contributed by atoms with Crippen LogP contribution in [0.2, 0.25) is 0 Å². The number of rotatable bonds is 7. The highest BCUT2D eigenvalue weighted by molar-refractivity contribution is 6.08. The van der Waals surface area contributed by atoms with Crippen LogP contribution in [0.3, 0.4) is 0 Å². The Morgan fingerprint density at radius 1 is 1.29 bits per heavy atom. The second-order valence-corrected chi connectivity index (χ2v) is 7.75. The topological polar surface area (TPSA) is 176 Å². The van der Waals surface area contributed by atoms with Crippen LogP contribution in [0.5, 0.6) is 5.75 Å². The summed E-state index contributed by atoms with van der Waals surface area (Å²) in [6.07, 6.45) is 3.51. The molecule has 180 valence electrons. The molecule has 0 atom stereocenters. The molecule has 4 rings (SSSR count). The van der Waals surface area contributed by atoms with Crippen molar-refractivity contribution in [1.82, 2.24) is 25.2 Å². The number of nitrogens with one attached hydrogen (secondary N) is 3. The van der Waals surface area contributed by atoms with E-state index in [1.54, 1.807) is 18.2 Å². The number of carboxylic acids is 1. The van der Waals surface area contributed by atoms with Crippen LogP contribution >= 0.6 is 0 Å². The van der Waals surface area contributed by atoms with E-state index >= 15 is 0 Å². The Kier molecular flexibility index (Phi) is 8.11. The molecule has 0 aliphatic carbocycles. The number of H-pyrrole nitrogens is 1. The van der Waals surface area contributed by atoms with Crippen LogP contribution in [0.4, 0.5) is 5.69 Å². The van der Waals surface area contributed by atoms with E-state index in [0.717, 1.165) is 31.4 Å². The molecule has 0 spiro atoms. The van der Waals surface area contributed by atoms with Gasteiger partial charge in [-0.15, -0.1) is 0 Å². The van der Waals surface area contributed by atoms with Crippen LogP contribution in [0.15, 0.2) is 30.7 Å². The van der Waals surface area contributed by atoms with Crippen LogP contribution < -0.4 is 21.1 Å². The highest BCUT2D eigenvalue weighted by Crippen LogP contribution is 2.28. The number of hydrogen-bond donors (Lipinski definition) is 5. The maximum atomic E-state index is 12.5. The maximum absolute atomic E-state index is 12.5. The summed E-state index contributed by atoms with van der Waals surface area (Å²) in [6, 6.07) is 5.19. The monoisotopic (exact) mass is 469 g/mol. The van der Waals surface area contributed by atoms with Gasteiger partial charge in [0.25, 0.3) is 11.8 Å². The number of benzene rings is 1. The zero-order valence-electron chi connectivity index (χ0n) is 18.9. The summed E-state index contributed by atoms with van der Waals surface area (Å²) in [6.45, 7) is 2.07. The molecule has 3 aromatic rings. The minimum atomic E-state index is -1.15. The maximum Gasteiger partial charge on any atom is 0.339 e. The molecular weight excluding hydrogens is 442 g/mol. The molecule has 0 saturated heterocycles. The number of carbonyl (C=O) groups is 3. The van der Waals surface area contributed by atoms with Crippen molar-refractivity contribution in [3.05, 3.63) is 47.5 Å². The lowest BCUT2D eigenvalue weighted by molar-refractivity contribution is -0.118. The normalized spacial score (nSPS) is 12.3. The molecule has 12 heteroatoms. The number of fused-ring (bicyclic) bond motifs is 2. The Morgan fingerprint density at radius 2 is 2.09 bits per heavy atom. The third kappa shape index (κ3) is 6.05. The summed E-state index contributed by atoms with van der Waals surface area (Å²) in [7, 11) is 4.10. The highest BCUT2D eigenvalue weighted by Gasteiger charge is 2.20. The van der Waals surface area contributed by atoms with E-state index in [1.807, 2.05) is 0 Å². The van der Waals surface area contributed by atoms with Gasteiger partial charge in [-0.2, -0.15) is 0 Å². The number of aromatic nitrogens is 3. The van der Waals surface area contributed by atoms with Crippen LogP contribution in [-0.4, -0.2) is 76.5 Å². The fraction of sp³-hybridized carbons (Fsp3) is 0.318. The molecule has 1 aromatic carbocycles. The summed E-state index contributed by atoms with van der Waals surface area (Å²) in [5.41, 5.74) is 6.96. The SMILES string of the molecule is CN(C)CCCN.O=C1COc2ccc(CNC(=O)c3ncnc4c(C(=O)O)c[nH]c34)cc2N1. The van der Waals surface area contributed by atoms with Gasteiger partial charge in [0.15, 0.2) is 12.3 Å². The van der Waals surface area contributed by atoms with E-state index in [4.69, 9.17) is 15.6 Å². The first-order chi connectivity index (χ1) is 16.3. The lowest BCUT2D eigenvalue weighted by atomic mass is 10.1. The number of carbonyl (C=O) groups excluding carboxylic acids is 2. The Hall–Kier alpha value is -4.03. The number of nitrogens with two attached hydrogens (primary N) is 1. The summed E-state index contributed by atoms with van der Waals surface area (Å²) in [5, 5.41) is 14.6. The molecule has 2 amide bonds. The van der Waals surface area contributed by atoms with E-state index in [1.165, 1.54) is 6.20 Å². The third-order valence-corrected chi connectivity index (χ3v) is 4.85. The van der Waals surface area contributed by atoms with Gasteiger partial charge in [0.1, 0.15) is 23.2 Å². The van der Waals surface area contributed by atoms with Crippen LogP contribution in [0, 0.1) is 0 Å². The van der Waals surface area contributed by atoms with Crippen LogP contribution in [0.1, 0.15) is 32.8 Å². The quantitative estimate of drug-likeness (QED) is 0.335. The molecule has 0 radical (unpaired) electrons. The molecule has 0 unspecified atom stereocenters. The number of hydrogen-bond acceptors (Lipinski definition) is 8. The molecule has 34 heavy (non-hydrogen) atoms. The van der Waals surface area contributed by atoms with Gasteiger partial charge in [0, 0.05) is 12.7 Å². The molecule has 1 aliphatic heterocycles. The number of nitrogens with zero attached hydrogens (tertiary/aromatic N) is 3. The van der Waals surface area contributed by atoms with Crippen molar-refractivity contribution in [1.29, 1.82) is 0 Å². The number of aromatic amines is 1. The predicted octanol–water partition coefficient (Wildman–Crippen LogP) is 0.814. The molecule has 3 heterocycles. The molecule has 0 bridgehead atoms. The van der Waals surface area contributed by atoms with E-state index in [0.29, 0.717) is 11.4 Å². The van der Waals surface area contributed by atoms with E-state index in [2.05, 4.69) is 44.6 Å². The van der Waals surface area contributed by atoms with Gasteiger partial charge in [-0.3, -0.25) is 9.59 Å². The Bertz CT molecular complexity index is 1190. The summed E-state index contributed by atoms with van der Waals surface area (Å²) >= 11 is 0. The summed E-state index contributed by atoms with van der Waals surface area (Å²) in [5.74, 6) is -1.31. The number of ether oxygens (including phenoxy) is 1. The average Bonchev–Trinajstić information content (AvgIpc) is 3.26. The zero-order chi connectivity index (χ0) is 24.7. The second kappa shape index (κ2) is 11.2. The second-order valence-electron chi connectivity index (χ2n) is 7.75. The van der Waals surface area contributed by atoms with Crippen molar-refractivity contribution in [2.45, 2.75) is 13.0 Å². The number of anilines is 1. The molecule has 0 fully saturated rings. The first-order valence-electron chi connectivity index (χ1n) is 10.5. The molecular formula is C22H27N7O5. The van der Waals surface area contributed by atoms with Crippen molar-refractivity contribution < 1.29 is 24.2 Å². The van der Waals surface area contributed by atoms with Gasteiger partial charge < -0.3 is 36.1 Å². The molecule has 6 N–H and O–H groups in total. The largest absolute Gasteiger partial charge is 0.482 e. The number of carboxylic acid groups (broad SMARTS) is 1. The van der Waals surface area contributed by atoms with Crippen LogP contribution in [-0.2, 0) is 11.3 Å². The molecule has 2 aromatic heterocycles. The van der Waals surface area contributed by atoms with E-state index < -0.39 is 11.9 Å². The van der Waals surface area contributed by atoms with Gasteiger partial charge in [-0.1, -0.05) is 6.07 Å². The Labute approximate surface area is 195 Å². The van der Waals surface area contributed by atoms with E-state index in [9.17, 15) is 14.4 Å². The summed E-state index contributed by atoms with van der Waals surface area (Å²) in [4.78, 5) is 47.8. The fourth-order valence-electron chi connectivity index (χ4n) is 3.19. The molecule has 12 nitrogen and oxygen atoms in total. The Balaban J connectivity index is 0.000000406. The minimum Gasteiger partial charge on any atom is -0.482 e. The highest BCUT2D eigenvalue weighted by atomic mass is 16.5. The first-order valence-corrected chi connectivity index (χ1v) is 10.5. The van der Waals surface area contributed by atoms with Gasteiger partial charge >= 0.3 is 5.97 Å². The van der Waals surface area contributed by atoms with Crippen LogP contribution in [0.25, 0.3) is 11.0 Å². The van der Waals surface area contributed by atoms with Gasteiger partial charge in [-0.25, -0.2) is 14.8 Å². The van der Waals surface area contributed by atoms with Crippen molar-refractivity contribution in [3.8, 4) is 5.75 Å². The van der Waals surface area contributed by atoms with Crippen molar-refractivity contribution in [2.75, 3.05) is 39.1 Å². The molecule has 1 aliphatic rings. The average molecular weight is 470 g/mol. The third-order valence-electron chi connectivity index (χ3n) is 4.85. The van der Waals surface area contributed by atoms with Gasteiger partial charge in [0.05, 0.1) is 11.2 Å². The number of aromatic carboxylic acids is 1. The van der Waals surface area contributed by atoms with E-state index in [-0.39, 0.29) is 41.3 Å².